The highest BCUT2D eigenvalue weighted by Gasteiger charge is 2.51. The van der Waals surface area contributed by atoms with E-state index in [1.165, 1.54) is 18.2 Å². The average molecular weight is 313 g/mol. The van der Waals surface area contributed by atoms with Crippen molar-refractivity contribution in [2.24, 2.45) is 11.3 Å². The van der Waals surface area contributed by atoms with Gasteiger partial charge in [0.1, 0.15) is 5.82 Å². The third kappa shape index (κ3) is 3.05. The lowest BCUT2D eigenvalue weighted by atomic mass is 9.58. The van der Waals surface area contributed by atoms with E-state index in [0.29, 0.717) is 17.9 Å². The molecule has 1 aliphatic carbocycles. The van der Waals surface area contributed by atoms with Crippen LogP contribution >= 0.6 is 11.6 Å². The quantitative estimate of drug-likeness (QED) is 0.892. The molecule has 1 aliphatic heterocycles. The molecule has 1 amide bonds. The summed E-state index contributed by atoms with van der Waals surface area (Å²) in [5.41, 5.74) is 0.615. The monoisotopic (exact) mass is 312 g/mol. The van der Waals surface area contributed by atoms with Crippen LogP contribution in [0, 0.1) is 17.2 Å². The number of halogens is 2. The molecule has 1 saturated carbocycles. The third-order valence-corrected chi connectivity index (χ3v) is 4.66. The Morgan fingerprint density at radius 3 is 2.76 bits per heavy atom. The van der Waals surface area contributed by atoms with E-state index in [1.807, 2.05) is 4.90 Å². The van der Waals surface area contributed by atoms with Gasteiger partial charge in [-0.15, -0.1) is 0 Å². The van der Waals surface area contributed by atoms with Gasteiger partial charge in [0.25, 0.3) is 5.91 Å². The fourth-order valence-corrected chi connectivity index (χ4v) is 3.82. The molecule has 6 heteroatoms. The molecule has 0 aromatic heterocycles. The van der Waals surface area contributed by atoms with Gasteiger partial charge < -0.3 is 10.4 Å². The number of likely N-dealkylation sites (tertiary alicyclic amines) is 1. The molecule has 4 nitrogen and oxygen atoms in total. The molecule has 1 saturated heterocycles. The molecule has 21 heavy (non-hydrogen) atoms. The zero-order chi connectivity index (χ0) is 15.0. The van der Waals surface area contributed by atoms with Crippen LogP contribution in [0.15, 0.2) is 18.2 Å². The molecule has 3 rings (SSSR count). The summed E-state index contributed by atoms with van der Waals surface area (Å²) in [4.78, 5) is 14.0. The summed E-state index contributed by atoms with van der Waals surface area (Å²) in [6, 6.07) is 3.83. The number of nitrogens with zero attached hydrogens (tertiary/aromatic N) is 1. The normalized spacial score (nSPS) is 20.9. The number of rotatable bonds is 4. The smallest absolute Gasteiger partial charge is 0.251 e. The SMILES string of the molecule is O=C(NCC1CC2(C1)CN(CO)C2)c1cc(F)cc(Cl)c1. The van der Waals surface area contributed by atoms with Crippen LogP contribution in [0.1, 0.15) is 23.2 Å². The largest absolute Gasteiger partial charge is 0.381 e. The maximum atomic E-state index is 13.2. The summed E-state index contributed by atoms with van der Waals surface area (Å²) >= 11 is 5.74. The van der Waals surface area contributed by atoms with Crippen LogP contribution in [0.2, 0.25) is 5.02 Å². The van der Waals surface area contributed by atoms with Crippen LogP contribution in [0.3, 0.4) is 0 Å². The van der Waals surface area contributed by atoms with Crippen molar-refractivity contribution >= 4 is 17.5 Å². The van der Waals surface area contributed by atoms with Gasteiger partial charge in [0.15, 0.2) is 0 Å². The first-order chi connectivity index (χ1) is 9.99. The molecule has 114 valence electrons. The second kappa shape index (κ2) is 5.55. The summed E-state index contributed by atoms with van der Waals surface area (Å²) in [7, 11) is 0. The number of hydrogen-bond donors (Lipinski definition) is 2. The third-order valence-electron chi connectivity index (χ3n) is 4.44. The number of hydrogen-bond acceptors (Lipinski definition) is 3. The fraction of sp³-hybridized carbons (Fsp3) is 0.533. The Hall–Kier alpha value is -1.17. The van der Waals surface area contributed by atoms with E-state index < -0.39 is 5.82 Å². The lowest BCUT2D eigenvalue weighted by molar-refractivity contribution is -0.121. The first kappa shape index (κ1) is 14.8. The van der Waals surface area contributed by atoms with Gasteiger partial charge >= 0.3 is 0 Å². The van der Waals surface area contributed by atoms with Crippen molar-refractivity contribution in [3.05, 3.63) is 34.6 Å². The van der Waals surface area contributed by atoms with Crippen molar-refractivity contribution in [1.82, 2.24) is 10.2 Å². The number of carbonyl (C=O) groups is 1. The van der Waals surface area contributed by atoms with Gasteiger partial charge in [-0.3, -0.25) is 9.69 Å². The topological polar surface area (TPSA) is 52.6 Å². The predicted octanol–water partition coefficient (Wildman–Crippen LogP) is 1.87. The van der Waals surface area contributed by atoms with Crippen molar-refractivity contribution in [2.75, 3.05) is 26.4 Å². The highest BCUT2D eigenvalue weighted by Crippen LogP contribution is 2.51. The van der Waals surface area contributed by atoms with Crippen LogP contribution in [0.25, 0.3) is 0 Å². The highest BCUT2D eigenvalue weighted by atomic mass is 35.5. The van der Waals surface area contributed by atoms with Gasteiger partial charge in [0, 0.05) is 30.2 Å². The van der Waals surface area contributed by atoms with Crippen molar-refractivity contribution < 1.29 is 14.3 Å². The summed E-state index contributed by atoms with van der Waals surface area (Å²) in [5.74, 6) is -0.324. The molecule has 2 aliphatic rings. The average Bonchev–Trinajstić information content (AvgIpc) is 2.33. The number of aliphatic hydroxyl groups is 1. The van der Waals surface area contributed by atoms with Crippen LogP contribution in [0.4, 0.5) is 4.39 Å². The van der Waals surface area contributed by atoms with E-state index >= 15 is 0 Å². The van der Waals surface area contributed by atoms with Gasteiger partial charge in [-0.2, -0.15) is 0 Å². The molecule has 0 unspecified atom stereocenters. The molecule has 1 spiro atoms. The van der Waals surface area contributed by atoms with Crippen molar-refractivity contribution in [3.8, 4) is 0 Å². The summed E-state index contributed by atoms with van der Waals surface area (Å²) in [5, 5.41) is 12.0. The minimum atomic E-state index is -0.506. The maximum absolute atomic E-state index is 13.2. The Bertz CT molecular complexity index is 532. The summed E-state index contributed by atoms with van der Waals surface area (Å²) < 4.78 is 13.2. The summed E-state index contributed by atoms with van der Waals surface area (Å²) in [6.07, 6.45) is 2.15. The lowest BCUT2D eigenvalue weighted by Crippen LogP contribution is -2.63. The Balaban J connectivity index is 1.45. The minimum absolute atomic E-state index is 0.128. The molecule has 0 bridgehead atoms. The standard InChI is InChI=1S/C15H18ClFN2O2/c16-12-1-11(2-13(17)3-12)14(21)18-6-10-4-15(5-10)7-19(8-15)9-20/h1-3,10,20H,4-9H2,(H,18,21). The first-order valence-electron chi connectivity index (χ1n) is 7.07. The van der Waals surface area contributed by atoms with E-state index in [9.17, 15) is 9.18 Å². The molecule has 2 N–H and O–H groups in total. The molecular formula is C15H18ClFN2O2. The Morgan fingerprint density at radius 1 is 1.43 bits per heavy atom. The Labute approximate surface area is 127 Å². The number of nitrogens with one attached hydrogen (secondary N) is 1. The maximum Gasteiger partial charge on any atom is 0.251 e. The van der Waals surface area contributed by atoms with Crippen LogP contribution in [-0.4, -0.2) is 42.3 Å². The number of amides is 1. The van der Waals surface area contributed by atoms with E-state index in [2.05, 4.69) is 5.32 Å². The van der Waals surface area contributed by atoms with E-state index in [-0.39, 0.29) is 23.2 Å². The lowest BCUT2D eigenvalue weighted by Gasteiger charge is -2.58. The molecule has 2 fully saturated rings. The number of aliphatic hydroxyl groups excluding tert-OH is 1. The van der Waals surface area contributed by atoms with Gasteiger partial charge in [-0.1, -0.05) is 11.6 Å². The van der Waals surface area contributed by atoms with Crippen LogP contribution < -0.4 is 5.32 Å². The molecule has 1 aromatic rings. The summed E-state index contributed by atoms with van der Waals surface area (Å²) in [6.45, 7) is 2.64. The van der Waals surface area contributed by atoms with Crippen LogP contribution in [-0.2, 0) is 0 Å². The van der Waals surface area contributed by atoms with Gasteiger partial charge in [0.2, 0.25) is 0 Å². The highest BCUT2D eigenvalue weighted by molar-refractivity contribution is 6.31. The Kier molecular flexibility index (Phi) is 3.90. The van der Waals surface area contributed by atoms with Gasteiger partial charge in [-0.05, 0) is 42.4 Å². The predicted molar refractivity (Wildman–Crippen MR) is 77.6 cm³/mol. The molecule has 0 radical (unpaired) electrons. The molecule has 1 aromatic carbocycles. The number of carbonyl (C=O) groups excluding carboxylic acids is 1. The molecule has 1 heterocycles. The Morgan fingerprint density at radius 2 is 2.14 bits per heavy atom. The van der Waals surface area contributed by atoms with Gasteiger partial charge in [-0.25, -0.2) is 4.39 Å². The van der Waals surface area contributed by atoms with Crippen molar-refractivity contribution in [3.63, 3.8) is 0 Å². The van der Waals surface area contributed by atoms with E-state index in [1.54, 1.807) is 0 Å². The van der Waals surface area contributed by atoms with E-state index in [0.717, 1.165) is 25.9 Å². The molecular weight excluding hydrogens is 295 g/mol. The zero-order valence-corrected chi connectivity index (χ0v) is 12.4. The molecule has 0 atom stereocenters. The first-order valence-corrected chi connectivity index (χ1v) is 7.45. The second-order valence-corrected chi connectivity index (χ2v) is 6.71. The van der Waals surface area contributed by atoms with Crippen LogP contribution in [0.5, 0.6) is 0 Å². The second-order valence-electron chi connectivity index (χ2n) is 6.27. The van der Waals surface area contributed by atoms with Gasteiger partial charge in [0.05, 0.1) is 6.73 Å². The van der Waals surface area contributed by atoms with Crippen molar-refractivity contribution in [2.45, 2.75) is 12.8 Å². The van der Waals surface area contributed by atoms with Crippen molar-refractivity contribution in [1.29, 1.82) is 0 Å². The number of benzene rings is 1. The fourth-order valence-electron chi connectivity index (χ4n) is 3.59. The zero-order valence-electron chi connectivity index (χ0n) is 11.6. The minimum Gasteiger partial charge on any atom is -0.381 e. The van der Waals surface area contributed by atoms with E-state index in [4.69, 9.17) is 16.7 Å².